The lowest BCUT2D eigenvalue weighted by Gasteiger charge is -2.04. The summed E-state index contributed by atoms with van der Waals surface area (Å²) in [4.78, 5) is 10.6. The van der Waals surface area contributed by atoms with Crippen molar-refractivity contribution in [2.45, 2.75) is 6.92 Å². The van der Waals surface area contributed by atoms with Crippen LogP contribution >= 0.6 is 0 Å². The molecule has 2 N–H and O–H groups in total. The number of carboxylic acids is 1. The molecule has 0 aromatic heterocycles. The van der Waals surface area contributed by atoms with E-state index in [-0.39, 0.29) is 5.57 Å². The van der Waals surface area contributed by atoms with Crippen LogP contribution in [0, 0.1) is 22.7 Å². The molecule has 0 fully saturated rings. The lowest BCUT2D eigenvalue weighted by molar-refractivity contribution is -0.132. The monoisotopic (exact) mass is 241 g/mol. The van der Waals surface area contributed by atoms with Gasteiger partial charge in [-0.2, -0.15) is 10.5 Å². The number of nitriles is 2. The lowest BCUT2D eigenvalue weighted by Crippen LogP contribution is -2.03. The van der Waals surface area contributed by atoms with Gasteiger partial charge in [-0.25, -0.2) is 4.79 Å². The molecule has 0 aliphatic rings. The van der Waals surface area contributed by atoms with Gasteiger partial charge in [-0.15, -0.1) is 0 Å². The molecule has 5 heteroatoms. The van der Waals surface area contributed by atoms with Gasteiger partial charge in [0.1, 0.15) is 12.1 Å². The smallest absolute Gasteiger partial charge is 0.331 e. The van der Waals surface area contributed by atoms with Gasteiger partial charge >= 0.3 is 5.97 Å². The number of hydrogen-bond acceptors (Lipinski definition) is 4. The molecule has 0 aliphatic heterocycles. The zero-order valence-electron chi connectivity index (χ0n) is 9.77. The van der Waals surface area contributed by atoms with Crippen LogP contribution in [-0.2, 0) is 4.79 Å². The lowest BCUT2D eigenvalue weighted by atomic mass is 10.1. The molecule has 0 radical (unpaired) electrons. The fraction of sp³-hybridized carbons (Fsp3) is 0.154. The third-order valence-corrected chi connectivity index (χ3v) is 2.31. The molecule has 0 spiro atoms. The van der Waals surface area contributed by atoms with Crippen LogP contribution in [0.25, 0.3) is 0 Å². The largest absolute Gasteiger partial charge is 0.478 e. The molecule has 0 amide bonds. The first-order valence-electron chi connectivity index (χ1n) is 5.16. The van der Waals surface area contributed by atoms with Crippen molar-refractivity contribution >= 4 is 11.7 Å². The Kier molecular flexibility index (Phi) is 4.48. The number of nitrogens with one attached hydrogen (secondary N) is 1. The molecule has 90 valence electrons. The van der Waals surface area contributed by atoms with Crippen LogP contribution in [0.5, 0.6) is 0 Å². The van der Waals surface area contributed by atoms with Gasteiger partial charge in [0.25, 0.3) is 0 Å². The average Bonchev–Trinajstić information content (AvgIpc) is 2.38. The molecular formula is C13H11N3O2. The summed E-state index contributed by atoms with van der Waals surface area (Å²) >= 11 is 0. The Morgan fingerprint density at radius 1 is 1.39 bits per heavy atom. The Balaban J connectivity index is 2.77. The van der Waals surface area contributed by atoms with Gasteiger partial charge in [-0.1, -0.05) is 6.08 Å². The zero-order valence-corrected chi connectivity index (χ0v) is 9.77. The summed E-state index contributed by atoms with van der Waals surface area (Å²) in [6, 6.07) is 8.63. The van der Waals surface area contributed by atoms with Gasteiger partial charge in [0, 0.05) is 17.8 Å². The minimum absolute atomic E-state index is 0.247. The van der Waals surface area contributed by atoms with Crippen molar-refractivity contribution in [3.8, 4) is 12.1 Å². The maximum Gasteiger partial charge on any atom is 0.331 e. The van der Waals surface area contributed by atoms with E-state index in [9.17, 15) is 4.79 Å². The minimum atomic E-state index is -0.964. The molecular weight excluding hydrogens is 230 g/mol. The number of benzene rings is 1. The molecule has 5 nitrogen and oxygen atoms in total. The normalized spacial score (nSPS) is 10.3. The first-order chi connectivity index (χ1) is 8.58. The first kappa shape index (κ1) is 13.3. The van der Waals surface area contributed by atoms with Gasteiger partial charge in [-0.3, -0.25) is 0 Å². The molecule has 0 saturated heterocycles. The summed E-state index contributed by atoms with van der Waals surface area (Å²) in [6.07, 6.45) is 1.53. The Bertz CT molecular complexity index is 577. The molecule has 0 unspecified atom stereocenters. The number of carbonyl (C=O) groups is 1. The van der Waals surface area contributed by atoms with E-state index in [1.807, 2.05) is 12.1 Å². The summed E-state index contributed by atoms with van der Waals surface area (Å²) in [5.41, 5.74) is 1.53. The molecule has 0 atom stereocenters. The van der Waals surface area contributed by atoms with Crippen molar-refractivity contribution < 1.29 is 9.90 Å². The Morgan fingerprint density at radius 3 is 2.61 bits per heavy atom. The van der Waals surface area contributed by atoms with Crippen molar-refractivity contribution in [3.63, 3.8) is 0 Å². The SMILES string of the molecule is C/C(=C/CNc1ccc(C#N)c(C#N)c1)C(=O)O. The predicted molar refractivity (Wildman–Crippen MR) is 65.8 cm³/mol. The van der Waals surface area contributed by atoms with Crippen LogP contribution in [-0.4, -0.2) is 17.6 Å². The van der Waals surface area contributed by atoms with Crippen LogP contribution in [0.15, 0.2) is 29.8 Å². The van der Waals surface area contributed by atoms with Gasteiger partial charge in [0.2, 0.25) is 0 Å². The Labute approximate surface area is 105 Å². The number of hydrogen-bond donors (Lipinski definition) is 2. The highest BCUT2D eigenvalue weighted by atomic mass is 16.4. The summed E-state index contributed by atoms with van der Waals surface area (Å²) in [5, 5.41) is 29.2. The molecule has 1 rings (SSSR count). The van der Waals surface area contributed by atoms with Crippen LogP contribution < -0.4 is 5.32 Å². The van der Waals surface area contributed by atoms with E-state index in [4.69, 9.17) is 15.6 Å². The number of aliphatic carboxylic acids is 1. The van der Waals surface area contributed by atoms with E-state index in [1.165, 1.54) is 13.0 Å². The van der Waals surface area contributed by atoms with E-state index in [1.54, 1.807) is 18.2 Å². The summed E-state index contributed by atoms with van der Waals surface area (Å²) < 4.78 is 0. The third-order valence-electron chi connectivity index (χ3n) is 2.31. The van der Waals surface area contributed by atoms with Crippen molar-refractivity contribution in [1.29, 1.82) is 10.5 Å². The number of carboxylic acid groups (broad SMARTS) is 1. The van der Waals surface area contributed by atoms with Crippen molar-refractivity contribution in [2.24, 2.45) is 0 Å². The van der Waals surface area contributed by atoms with Crippen molar-refractivity contribution in [3.05, 3.63) is 41.0 Å². The van der Waals surface area contributed by atoms with E-state index >= 15 is 0 Å². The Hall–Kier alpha value is -2.79. The maximum atomic E-state index is 10.6. The minimum Gasteiger partial charge on any atom is -0.478 e. The fourth-order valence-corrected chi connectivity index (χ4v) is 1.25. The zero-order chi connectivity index (χ0) is 13.5. The molecule has 18 heavy (non-hydrogen) atoms. The van der Waals surface area contributed by atoms with E-state index in [2.05, 4.69) is 5.32 Å². The highest BCUT2D eigenvalue weighted by Crippen LogP contribution is 2.14. The predicted octanol–water partition coefficient (Wildman–Crippen LogP) is 1.87. The summed E-state index contributed by atoms with van der Waals surface area (Å²) in [5.74, 6) is -0.964. The number of nitrogens with zero attached hydrogens (tertiary/aromatic N) is 2. The molecule has 0 saturated carbocycles. The van der Waals surface area contributed by atoms with Gasteiger partial charge < -0.3 is 10.4 Å². The molecule has 0 heterocycles. The molecule has 1 aromatic carbocycles. The molecule has 0 aliphatic carbocycles. The third kappa shape index (κ3) is 3.36. The van der Waals surface area contributed by atoms with E-state index in [0.717, 1.165) is 0 Å². The highest BCUT2D eigenvalue weighted by molar-refractivity contribution is 5.85. The maximum absolute atomic E-state index is 10.6. The quantitative estimate of drug-likeness (QED) is 0.784. The standard InChI is InChI=1S/C13H11N3O2/c1-9(13(17)18)4-5-16-12-3-2-10(7-14)11(6-12)8-15/h2-4,6,16H,5H2,1H3,(H,17,18)/b9-4-. The number of anilines is 1. The fourth-order valence-electron chi connectivity index (χ4n) is 1.25. The second kappa shape index (κ2) is 6.07. The first-order valence-corrected chi connectivity index (χ1v) is 5.16. The van der Waals surface area contributed by atoms with Crippen molar-refractivity contribution in [2.75, 3.05) is 11.9 Å². The number of rotatable bonds is 4. The molecule has 0 bridgehead atoms. The second-order valence-corrected chi connectivity index (χ2v) is 3.56. The van der Waals surface area contributed by atoms with Crippen LogP contribution in [0.4, 0.5) is 5.69 Å². The van der Waals surface area contributed by atoms with Crippen molar-refractivity contribution in [1.82, 2.24) is 0 Å². The van der Waals surface area contributed by atoms with Crippen LogP contribution in [0.3, 0.4) is 0 Å². The Morgan fingerprint density at radius 2 is 2.06 bits per heavy atom. The highest BCUT2D eigenvalue weighted by Gasteiger charge is 2.02. The van der Waals surface area contributed by atoms with Gasteiger partial charge in [0.05, 0.1) is 11.1 Å². The van der Waals surface area contributed by atoms with Gasteiger partial charge in [0.15, 0.2) is 0 Å². The topological polar surface area (TPSA) is 96.9 Å². The van der Waals surface area contributed by atoms with Gasteiger partial charge in [-0.05, 0) is 25.1 Å². The summed E-state index contributed by atoms with van der Waals surface area (Å²) in [6.45, 7) is 1.85. The molecule has 1 aromatic rings. The average molecular weight is 241 g/mol. The van der Waals surface area contributed by atoms with Crippen LogP contribution in [0.2, 0.25) is 0 Å². The second-order valence-electron chi connectivity index (χ2n) is 3.56. The van der Waals surface area contributed by atoms with E-state index in [0.29, 0.717) is 23.4 Å². The van der Waals surface area contributed by atoms with E-state index < -0.39 is 5.97 Å². The van der Waals surface area contributed by atoms with Crippen LogP contribution in [0.1, 0.15) is 18.1 Å². The summed E-state index contributed by atoms with van der Waals surface area (Å²) in [7, 11) is 0.